The van der Waals surface area contributed by atoms with E-state index in [9.17, 15) is 4.39 Å². The van der Waals surface area contributed by atoms with Gasteiger partial charge in [0.05, 0.1) is 12.8 Å². The van der Waals surface area contributed by atoms with E-state index in [0.717, 1.165) is 17.7 Å². The number of hydrogen-bond acceptors (Lipinski definition) is 4. The lowest BCUT2D eigenvalue weighted by Crippen LogP contribution is -2.10. The molecule has 1 heterocycles. The van der Waals surface area contributed by atoms with Crippen LogP contribution < -0.4 is 10.1 Å². The van der Waals surface area contributed by atoms with E-state index in [0.29, 0.717) is 24.5 Å². The van der Waals surface area contributed by atoms with Gasteiger partial charge in [0.2, 0.25) is 0 Å². The predicted octanol–water partition coefficient (Wildman–Crippen LogP) is 3.35. The summed E-state index contributed by atoms with van der Waals surface area (Å²) in [6.45, 7) is 4.37. The Labute approximate surface area is 124 Å². The number of nitrogens with one attached hydrogen (secondary N) is 1. The predicted molar refractivity (Wildman–Crippen MR) is 81.3 cm³/mol. The van der Waals surface area contributed by atoms with Gasteiger partial charge in [-0.05, 0) is 31.0 Å². The highest BCUT2D eigenvalue weighted by Gasteiger charge is 2.11. The summed E-state index contributed by atoms with van der Waals surface area (Å²) in [4.78, 5) is 8.51. The molecule has 21 heavy (non-hydrogen) atoms. The molecule has 1 aromatic heterocycles. The highest BCUT2D eigenvalue weighted by Crippen LogP contribution is 2.18. The van der Waals surface area contributed by atoms with Crippen LogP contribution >= 0.6 is 0 Å². The fourth-order valence-corrected chi connectivity index (χ4v) is 2.02. The van der Waals surface area contributed by atoms with Gasteiger partial charge in [-0.25, -0.2) is 14.4 Å². The molecule has 0 saturated heterocycles. The molecule has 0 aliphatic carbocycles. The Hall–Kier alpha value is -2.17. The van der Waals surface area contributed by atoms with Crippen molar-refractivity contribution in [3.8, 4) is 5.75 Å². The summed E-state index contributed by atoms with van der Waals surface area (Å²) in [5.41, 5.74) is 1.39. The maximum atomic E-state index is 14.0. The van der Waals surface area contributed by atoms with E-state index in [1.165, 1.54) is 0 Å². The first-order valence-electron chi connectivity index (χ1n) is 7.03. The Kier molecular flexibility index (Phi) is 5.09. The molecule has 1 N–H and O–H groups in total. The average Bonchev–Trinajstić information content (AvgIpc) is 2.49. The lowest BCUT2D eigenvalue weighted by atomic mass is 10.1. The van der Waals surface area contributed by atoms with Crippen molar-refractivity contribution in [2.24, 2.45) is 0 Å². The second-order valence-electron chi connectivity index (χ2n) is 4.84. The average molecular weight is 289 g/mol. The first-order chi connectivity index (χ1) is 10.1. The molecule has 0 aliphatic heterocycles. The van der Waals surface area contributed by atoms with Crippen molar-refractivity contribution in [3.63, 3.8) is 0 Å². The SMILES string of the molecule is CCCNc1nc(Cc2cccc(OC)c2)nc(C)c1F. The van der Waals surface area contributed by atoms with Gasteiger partial charge in [0, 0.05) is 13.0 Å². The Balaban J connectivity index is 2.24. The summed E-state index contributed by atoms with van der Waals surface area (Å²) < 4.78 is 19.2. The van der Waals surface area contributed by atoms with Crippen molar-refractivity contribution in [1.29, 1.82) is 0 Å². The molecule has 5 heteroatoms. The molecule has 0 radical (unpaired) electrons. The van der Waals surface area contributed by atoms with Gasteiger partial charge in [0.15, 0.2) is 11.6 Å². The van der Waals surface area contributed by atoms with Crippen LogP contribution in [-0.4, -0.2) is 23.6 Å². The molecule has 0 fully saturated rings. The highest BCUT2D eigenvalue weighted by molar-refractivity contribution is 5.39. The minimum atomic E-state index is -0.377. The van der Waals surface area contributed by atoms with Crippen LogP contribution in [0, 0.1) is 12.7 Å². The van der Waals surface area contributed by atoms with Crippen molar-refractivity contribution >= 4 is 5.82 Å². The standard InChI is InChI=1S/C16H20FN3O/c1-4-8-18-16-15(17)11(2)19-14(20-16)10-12-6-5-7-13(9-12)21-3/h5-7,9H,4,8,10H2,1-3H3,(H,18,19,20). The molecule has 0 saturated carbocycles. The third-order valence-corrected chi connectivity index (χ3v) is 3.10. The largest absolute Gasteiger partial charge is 0.497 e. The third-order valence-electron chi connectivity index (χ3n) is 3.10. The minimum absolute atomic E-state index is 0.280. The van der Waals surface area contributed by atoms with Gasteiger partial charge in [0.25, 0.3) is 0 Å². The number of halogens is 1. The number of aryl methyl sites for hydroxylation is 1. The van der Waals surface area contributed by atoms with Gasteiger partial charge in [-0.15, -0.1) is 0 Å². The Morgan fingerprint density at radius 3 is 2.81 bits per heavy atom. The Morgan fingerprint density at radius 2 is 2.10 bits per heavy atom. The summed E-state index contributed by atoms with van der Waals surface area (Å²) >= 11 is 0. The van der Waals surface area contributed by atoms with E-state index in [4.69, 9.17) is 4.74 Å². The number of ether oxygens (including phenoxy) is 1. The van der Waals surface area contributed by atoms with E-state index in [2.05, 4.69) is 15.3 Å². The molecule has 1 aromatic carbocycles. The highest BCUT2D eigenvalue weighted by atomic mass is 19.1. The topological polar surface area (TPSA) is 47.0 Å². The monoisotopic (exact) mass is 289 g/mol. The molecule has 0 unspecified atom stereocenters. The molecular formula is C16H20FN3O. The van der Waals surface area contributed by atoms with Gasteiger partial charge in [-0.3, -0.25) is 0 Å². The van der Waals surface area contributed by atoms with Gasteiger partial charge in [-0.1, -0.05) is 19.1 Å². The van der Waals surface area contributed by atoms with E-state index >= 15 is 0 Å². The number of nitrogens with zero attached hydrogens (tertiary/aromatic N) is 2. The lowest BCUT2D eigenvalue weighted by molar-refractivity contribution is 0.414. The summed E-state index contributed by atoms with van der Waals surface area (Å²) in [5, 5.41) is 3.00. The van der Waals surface area contributed by atoms with E-state index in [-0.39, 0.29) is 11.6 Å². The first kappa shape index (κ1) is 15.2. The molecule has 0 atom stereocenters. The zero-order valence-corrected chi connectivity index (χ0v) is 12.6. The quantitative estimate of drug-likeness (QED) is 0.886. The van der Waals surface area contributed by atoms with Crippen molar-refractivity contribution in [3.05, 3.63) is 47.2 Å². The molecule has 0 amide bonds. The molecule has 112 valence electrons. The second kappa shape index (κ2) is 7.02. The number of anilines is 1. The second-order valence-corrected chi connectivity index (χ2v) is 4.84. The zero-order valence-electron chi connectivity index (χ0n) is 12.6. The molecule has 0 spiro atoms. The molecule has 4 nitrogen and oxygen atoms in total. The summed E-state index contributed by atoms with van der Waals surface area (Å²) in [7, 11) is 1.63. The molecule has 0 bridgehead atoms. The fraction of sp³-hybridized carbons (Fsp3) is 0.375. The Morgan fingerprint density at radius 1 is 1.29 bits per heavy atom. The van der Waals surface area contributed by atoms with Crippen LogP contribution in [-0.2, 0) is 6.42 Å². The molecule has 2 aromatic rings. The third kappa shape index (κ3) is 3.90. The van der Waals surface area contributed by atoms with Crippen LogP contribution in [0.25, 0.3) is 0 Å². The van der Waals surface area contributed by atoms with Crippen molar-refractivity contribution in [2.45, 2.75) is 26.7 Å². The Bertz CT molecular complexity index is 616. The van der Waals surface area contributed by atoms with Gasteiger partial charge in [0.1, 0.15) is 11.6 Å². The van der Waals surface area contributed by atoms with Crippen molar-refractivity contribution in [2.75, 3.05) is 19.0 Å². The van der Waals surface area contributed by atoms with E-state index < -0.39 is 0 Å². The lowest BCUT2D eigenvalue weighted by Gasteiger charge is -2.10. The smallest absolute Gasteiger partial charge is 0.186 e. The fourth-order valence-electron chi connectivity index (χ4n) is 2.02. The number of methoxy groups -OCH3 is 1. The molecular weight excluding hydrogens is 269 g/mol. The van der Waals surface area contributed by atoms with E-state index in [1.54, 1.807) is 14.0 Å². The normalized spacial score (nSPS) is 10.5. The van der Waals surface area contributed by atoms with Crippen LogP contribution in [0.3, 0.4) is 0 Å². The van der Waals surface area contributed by atoms with Crippen LogP contribution in [0.5, 0.6) is 5.75 Å². The maximum Gasteiger partial charge on any atom is 0.186 e. The molecule has 2 rings (SSSR count). The van der Waals surface area contributed by atoms with Crippen molar-refractivity contribution in [1.82, 2.24) is 9.97 Å². The van der Waals surface area contributed by atoms with Gasteiger partial charge in [-0.2, -0.15) is 0 Å². The number of benzene rings is 1. The van der Waals surface area contributed by atoms with E-state index in [1.807, 2.05) is 31.2 Å². The zero-order chi connectivity index (χ0) is 15.2. The van der Waals surface area contributed by atoms with Crippen LogP contribution in [0.15, 0.2) is 24.3 Å². The van der Waals surface area contributed by atoms with Crippen LogP contribution in [0.1, 0.15) is 30.4 Å². The number of aromatic nitrogens is 2. The van der Waals surface area contributed by atoms with Crippen LogP contribution in [0.4, 0.5) is 10.2 Å². The van der Waals surface area contributed by atoms with Gasteiger partial charge >= 0.3 is 0 Å². The van der Waals surface area contributed by atoms with Crippen molar-refractivity contribution < 1.29 is 9.13 Å². The summed E-state index contributed by atoms with van der Waals surface area (Å²) in [5.74, 6) is 1.29. The van der Waals surface area contributed by atoms with Crippen LogP contribution in [0.2, 0.25) is 0 Å². The number of rotatable bonds is 6. The summed E-state index contributed by atoms with van der Waals surface area (Å²) in [6.07, 6.45) is 1.45. The molecule has 0 aliphatic rings. The first-order valence-corrected chi connectivity index (χ1v) is 7.03. The summed E-state index contributed by atoms with van der Waals surface area (Å²) in [6, 6.07) is 7.71. The van der Waals surface area contributed by atoms with Gasteiger partial charge < -0.3 is 10.1 Å². The maximum absolute atomic E-state index is 14.0. The minimum Gasteiger partial charge on any atom is -0.497 e. The number of hydrogen-bond donors (Lipinski definition) is 1.